The van der Waals surface area contributed by atoms with Gasteiger partial charge in [0.2, 0.25) is 12.6 Å². The van der Waals surface area contributed by atoms with E-state index in [2.05, 4.69) is 31.1 Å². The van der Waals surface area contributed by atoms with Crippen LogP contribution in [-0.4, -0.2) is 56.9 Å². The van der Waals surface area contributed by atoms with E-state index < -0.39 is 6.29 Å². The molecule has 2 heterocycles. The van der Waals surface area contributed by atoms with E-state index in [1.807, 2.05) is 13.8 Å². The molecule has 2 aliphatic heterocycles. The molecule has 4 atom stereocenters. The zero-order chi connectivity index (χ0) is 18.3. The van der Waals surface area contributed by atoms with E-state index in [-0.39, 0.29) is 24.3 Å². The average molecular weight is 344 g/mol. The van der Waals surface area contributed by atoms with Crippen LogP contribution in [0.5, 0.6) is 0 Å². The SMILES string of the molecule is C=C1CC(NC(C)C)C(OC)O1.COC1OC(=O)CC1NC(C)C. The third-order valence-electron chi connectivity index (χ3n) is 3.58. The summed E-state index contributed by atoms with van der Waals surface area (Å²) in [5, 5.41) is 6.56. The van der Waals surface area contributed by atoms with Crippen molar-refractivity contribution in [3.05, 3.63) is 12.3 Å². The number of cyclic esters (lactones) is 1. The van der Waals surface area contributed by atoms with Crippen LogP contribution in [0, 0.1) is 0 Å². The number of esters is 1. The van der Waals surface area contributed by atoms with Gasteiger partial charge in [0.25, 0.3) is 0 Å². The van der Waals surface area contributed by atoms with E-state index in [0.29, 0.717) is 18.5 Å². The van der Waals surface area contributed by atoms with E-state index in [9.17, 15) is 4.79 Å². The summed E-state index contributed by atoms with van der Waals surface area (Å²) in [6.45, 7) is 12.0. The third kappa shape index (κ3) is 6.76. The molecule has 0 aliphatic carbocycles. The fourth-order valence-electron chi connectivity index (χ4n) is 2.73. The minimum atomic E-state index is -0.417. The minimum Gasteiger partial charge on any atom is -0.468 e. The van der Waals surface area contributed by atoms with Gasteiger partial charge in [-0.2, -0.15) is 0 Å². The molecule has 0 saturated carbocycles. The number of carbonyl (C=O) groups excluding carboxylic acids is 1. The van der Waals surface area contributed by atoms with Gasteiger partial charge in [0.1, 0.15) is 0 Å². The predicted molar refractivity (Wildman–Crippen MR) is 91.3 cm³/mol. The van der Waals surface area contributed by atoms with Crippen molar-refractivity contribution in [2.45, 2.75) is 77.3 Å². The van der Waals surface area contributed by atoms with Crippen molar-refractivity contribution in [1.82, 2.24) is 10.6 Å². The summed E-state index contributed by atoms with van der Waals surface area (Å²) in [7, 11) is 3.19. The van der Waals surface area contributed by atoms with Crippen LogP contribution in [0.15, 0.2) is 12.3 Å². The normalized spacial score (nSPS) is 29.5. The van der Waals surface area contributed by atoms with Crippen LogP contribution in [0.1, 0.15) is 40.5 Å². The Morgan fingerprint density at radius 3 is 1.88 bits per heavy atom. The first kappa shape index (κ1) is 20.9. The monoisotopic (exact) mass is 344 g/mol. The second-order valence-corrected chi connectivity index (χ2v) is 6.62. The average Bonchev–Trinajstić information content (AvgIpc) is 3.00. The standard InChI is InChI=1S/C9H17NO2.C8H15NO3/c1-6(2)10-8-5-7(3)12-9(8)11-4;1-5(2)9-6-4-7(10)12-8(6)11-3/h6,8-10H,3,5H2,1-2,4H3;5-6,8-9H,4H2,1-3H3. The number of rotatable bonds is 6. The van der Waals surface area contributed by atoms with Gasteiger partial charge in [0, 0.05) is 32.7 Å². The summed E-state index contributed by atoms with van der Waals surface area (Å²) in [4.78, 5) is 10.9. The number of nitrogens with one attached hydrogen (secondary N) is 2. The number of hydrogen-bond acceptors (Lipinski definition) is 7. The molecule has 0 aromatic heterocycles. The second-order valence-electron chi connectivity index (χ2n) is 6.62. The maximum atomic E-state index is 10.9. The Bertz CT molecular complexity index is 376. The molecule has 2 saturated heterocycles. The summed E-state index contributed by atoms with van der Waals surface area (Å²) in [5.41, 5.74) is 0. The first-order valence-electron chi connectivity index (χ1n) is 8.38. The van der Waals surface area contributed by atoms with Gasteiger partial charge in [-0.25, -0.2) is 0 Å². The Kier molecular flexibility index (Phi) is 8.69. The van der Waals surface area contributed by atoms with Gasteiger partial charge in [-0.3, -0.25) is 4.79 Å². The Labute approximate surface area is 145 Å². The molecule has 24 heavy (non-hydrogen) atoms. The maximum absolute atomic E-state index is 10.9. The molecule has 0 spiro atoms. The molecule has 2 fully saturated rings. The van der Waals surface area contributed by atoms with Crippen molar-refractivity contribution in [2.75, 3.05) is 14.2 Å². The zero-order valence-electron chi connectivity index (χ0n) is 15.6. The van der Waals surface area contributed by atoms with Crippen LogP contribution in [0.25, 0.3) is 0 Å². The van der Waals surface area contributed by atoms with Gasteiger partial charge in [0.05, 0.1) is 24.3 Å². The molecular formula is C17H32N2O5. The first-order valence-corrected chi connectivity index (χ1v) is 8.38. The predicted octanol–water partition coefficient (Wildman–Crippen LogP) is 1.53. The largest absolute Gasteiger partial charge is 0.468 e. The van der Waals surface area contributed by atoms with Crippen LogP contribution in [0.2, 0.25) is 0 Å². The van der Waals surface area contributed by atoms with Crippen LogP contribution in [0.4, 0.5) is 0 Å². The number of carbonyl (C=O) groups is 1. The summed E-state index contributed by atoms with van der Waals surface area (Å²) < 4.78 is 20.4. The highest BCUT2D eigenvalue weighted by Gasteiger charge is 2.34. The molecular weight excluding hydrogens is 312 g/mol. The number of hydrogen-bond donors (Lipinski definition) is 2. The highest BCUT2D eigenvalue weighted by molar-refractivity contribution is 5.72. The molecule has 7 heteroatoms. The van der Waals surface area contributed by atoms with Crippen molar-refractivity contribution >= 4 is 5.97 Å². The van der Waals surface area contributed by atoms with Crippen LogP contribution in [-0.2, 0) is 23.7 Å². The third-order valence-corrected chi connectivity index (χ3v) is 3.58. The Hall–Kier alpha value is -1.15. The van der Waals surface area contributed by atoms with Crippen molar-refractivity contribution in [3.63, 3.8) is 0 Å². The quantitative estimate of drug-likeness (QED) is 0.708. The second kappa shape index (κ2) is 9.98. The van der Waals surface area contributed by atoms with E-state index in [4.69, 9.17) is 18.9 Å². The zero-order valence-corrected chi connectivity index (χ0v) is 15.6. The summed E-state index contributed by atoms with van der Waals surface area (Å²) in [5.74, 6) is 0.611. The van der Waals surface area contributed by atoms with E-state index in [0.717, 1.165) is 12.2 Å². The lowest BCUT2D eigenvalue weighted by atomic mass is 10.2. The highest BCUT2D eigenvalue weighted by Crippen LogP contribution is 2.22. The summed E-state index contributed by atoms with van der Waals surface area (Å²) in [6, 6.07) is 1.04. The van der Waals surface area contributed by atoms with Crippen molar-refractivity contribution < 1.29 is 23.7 Å². The summed E-state index contributed by atoms with van der Waals surface area (Å²) >= 11 is 0. The van der Waals surface area contributed by atoms with Crippen molar-refractivity contribution in [2.24, 2.45) is 0 Å². The smallest absolute Gasteiger partial charge is 0.309 e. The Morgan fingerprint density at radius 1 is 0.958 bits per heavy atom. The van der Waals surface area contributed by atoms with E-state index in [1.54, 1.807) is 7.11 Å². The van der Waals surface area contributed by atoms with E-state index >= 15 is 0 Å². The fourth-order valence-corrected chi connectivity index (χ4v) is 2.73. The number of methoxy groups -OCH3 is 2. The lowest BCUT2D eigenvalue weighted by Crippen LogP contribution is -2.41. The molecule has 7 nitrogen and oxygen atoms in total. The lowest BCUT2D eigenvalue weighted by molar-refractivity contribution is -0.159. The highest BCUT2D eigenvalue weighted by atomic mass is 16.7. The van der Waals surface area contributed by atoms with Gasteiger partial charge in [-0.15, -0.1) is 0 Å². The minimum absolute atomic E-state index is 0.00231. The van der Waals surface area contributed by atoms with Gasteiger partial charge in [-0.1, -0.05) is 34.3 Å². The van der Waals surface area contributed by atoms with Gasteiger partial charge in [-0.05, 0) is 0 Å². The molecule has 0 amide bonds. The molecule has 2 rings (SSSR count). The number of ether oxygens (including phenoxy) is 4. The van der Waals surface area contributed by atoms with Crippen LogP contribution < -0.4 is 10.6 Å². The molecule has 2 N–H and O–H groups in total. The van der Waals surface area contributed by atoms with Crippen LogP contribution >= 0.6 is 0 Å². The molecule has 0 aromatic rings. The van der Waals surface area contributed by atoms with Gasteiger partial charge in [0.15, 0.2) is 0 Å². The van der Waals surface area contributed by atoms with Gasteiger partial charge >= 0.3 is 5.97 Å². The molecule has 140 valence electrons. The van der Waals surface area contributed by atoms with Gasteiger partial charge < -0.3 is 29.6 Å². The Morgan fingerprint density at radius 2 is 1.42 bits per heavy atom. The fraction of sp³-hybridized carbons (Fsp3) is 0.824. The molecule has 0 aromatic carbocycles. The maximum Gasteiger partial charge on any atom is 0.309 e. The molecule has 2 aliphatic rings. The topological polar surface area (TPSA) is 78.1 Å². The Balaban J connectivity index is 0.000000240. The lowest BCUT2D eigenvalue weighted by Gasteiger charge is -2.19. The summed E-state index contributed by atoms with van der Waals surface area (Å²) in [6.07, 6.45) is 0.660. The first-order chi connectivity index (χ1) is 11.3. The van der Waals surface area contributed by atoms with Crippen molar-refractivity contribution in [1.29, 1.82) is 0 Å². The van der Waals surface area contributed by atoms with Crippen molar-refractivity contribution in [3.8, 4) is 0 Å². The van der Waals surface area contributed by atoms with Crippen LogP contribution in [0.3, 0.4) is 0 Å². The molecule has 4 unspecified atom stereocenters. The molecule has 0 bridgehead atoms. The van der Waals surface area contributed by atoms with E-state index in [1.165, 1.54) is 7.11 Å². The molecule has 0 radical (unpaired) electrons.